The third-order valence-corrected chi connectivity index (χ3v) is 4.46. The van der Waals surface area contributed by atoms with Gasteiger partial charge in [0.05, 0.1) is 5.54 Å². The van der Waals surface area contributed by atoms with Gasteiger partial charge in [-0.3, -0.25) is 0 Å². The Kier molecular flexibility index (Phi) is 4.09. The molecule has 0 aromatic carbocycles. The second-order valence-corrected chi connectivity index (χ2v) is 7.42. The molecule has 1 aliphatic heterocycles. The molecule has 0 aromatic heterocycles. The van der Waals surface area contributed by atoms with Crippen molar-refractivity contribution in [3.05, 3.63) is 0 Å². The van der Waals surface area contributed by atoms with E-state index in [1.165, 1.54) is 19.3 Å². The fraction of sp³-hybridized carbons (Fsp3) is 0.933. The first-order valence-electron chi connectivity index (χ1n) is 7.63. The number of carbonyl (C=O) groups excluding carboxylic acids is 1. The lowest BCUT2D eigenvalue weighted by Gasteiger charge is -2.49. The number of nitrogens with one attached hydrogen (secondary N) is 2. The van der Waals surface area contributed by atoms with Crippen LogP contribution in [0.5, 0.6) is 0 Å². The lowest BCUT2D eigenvalue weighted by Crippen LogP contribution is -2.69. The van der Waals surface area contributed by atoms with Gasteiger partial charge in [-0.05, 0) is 40.5 Å². The van der Waals surface area contributed by atoms with Gasteiger partial charge < -0.3 is 15.5 Å². The summed E-state index contributed by atoms with van der Waals surface area (Å²) in [4.78, 5) is 14.6. The maximum atomic E-state index is 12.6. The molecule has 1 aliphatic carbocycles. The molecule has 2 rings (SSSR count). The molecular formula is C15H29N3O. The van der Waals surface area contributed by atoms with Crippen LogP contribution in [0.4, 0.5) is 4.79 Å². The maximum absolute atomic E-state index is 12.6. The Morgan fingerprint density at radius 1 is 1.16 bits per heavy atom. The van der Waals surface area contributed by atoms with Crippen LogP contribution in [-0.4, -0.2) is 41.1 Å². The minimum Gasteiger partial charge on any atom is -0.335 e. The van der Waals surface area contributed by atoms with Crippen LogP contribution in [0.15, 0.2) is 0 Å². The van der Waals surface area contributed by atoms with Gasteiger partial charge in [0.2, 0.25) is 0 Å². The average Bonchev–Trinajstić information content (AvgIpc) is 2.34. The quantitative estimate of drug-likeness (QED) is 0.766. The summed E-state index contributed by atoms with van der Waals surface area (Å²) < 4.78 is 0. The Hall–Kier alpha value is -0.770. The van der Waals surface area contributed by atoms with E-state index >= 15 is 0 Å². The van der Waals surface area contributed by atoms with Crippen LogP contribution >= 0.6 is 0 Å². The van der Waals surface area contributed by atoms with Crippen molar-refractivity contribution in [1.82, 2.24) is 15.5 Å². The maximum Gasteiger partial charge on any atom is 0.318 e. The molecule has 0 spiro atoms. The molecule has 0 bridgehead atoms. The molecular weight excluding hydrogens is 238 g/mol. The van der Waals surface area contributed by atoms with Gasteiger partial charge in [0.1, 0.15) is 0 Å². The van der Waals surface area contributed by atoms with E-state index in [1.54, 1.807) is 0 Å². The van der Waals surface area contributed by atoms with E-state index < -0.39 is 0 Å². The molecule has 2 fully saturated rings. The number of hydrogen-bond donors (Lipinski definition) is 2. The lowest BCUT2D eigenvalue weighted by molar-refractivity contribution is 0.0656. The molecule has 0 aromatic rings. The summed E-state index contributed by atoms with van der Waals surface area (Å²) in [5.41, 5.74) is -0.117. The largest absolute Gasteiger partial charge is 0.335 e. The predicted molar refractivity (Wildman–Crippen MR) is 78.3 cm³/mol. The number of urea groups is 1. The van der Waals surface area contributed by atoms with E-state index in [1.807, 2.05) is 4.90 Å². The minimum absolute atomic E-state index is 0.000571. The first kappa shape index (κ1) is 14.6. The fourth-order valence-electron chi connectivity index (χ4n) is 3.06. The van der Waals surface area contributed by atoms with Crippen LogP contribution in [-0.2, 0) is 0 Å². The molecule has 2 N–H and O–H groups in total. The number of rotatable bonds is 1. The van der Waals surface area contributed by atoms with Crippen LogP contribution < -0.4 is 10.6 Å². The van der Waals surface area contributed by atoms with Crippen molar-refractivity contribution in [2.45, 2.75) is 76.9 Å². The molecule has 1 saturated carbocycles. The smallest absolute Gasteiger partial charge is 0.318 e. The molecule has 110 valence electrons. The van der Waals surface area contributed by atoms with Gasteiger partial charge in [0.25, 0.3) is 0 Å². The first-order chi connectivity index (χ1) is 8.80. The molecule has 1 heterocycles. The Bertz CT molecular complexity index is 332. The summed E-state index contributed by atoms with van der Waals surface area (Å²) in [6, 6.07) is 0.501. The van der Waals surface area contributed by atoms with Crippen molar-refractivity contribution in [3.63, 3.8) is 0 Å². The monoisotopic (exact) mass is 267 g/mol. The standard InChI is InChI=1S/C15H29N3O/c1-14(2)11-18(15(3,4)10-16-14)13(19)17-12-8-6-5-7-9-12/h12,16H,5-11H2,1-4H3,(H,17,19). The van der Waals surface area contributed by atoms with Crippen LogP contribution in [0, 0.1) is 0 Å². The highest BCUT2D eigenvalue weighted by Crippen LogP contribution is 2.24. The van der Waals surface area contributed by atoms with Crippen molar-refractivity contribution in [3.8, 4) is 0 Å². The summed E-state index contributed by atoms with van der Waals surface area (Å²) in [6.07, 6.45) is 6.10. The van der Waals surface area contributed by atoms with Gasteiger partial charge in [-0.2, -0.15) is 0 Å². The van der Waals surface area contributed by atoms with Crippen molar-refractivity contribution >= 4 is 6.03 Å². The van der Waals surface area contributed by atoms with Crippen LogP contribution in [0.2, 0.25) is 0 Å². The lowest BCUT2D eigenvalue weighted by atomic mass is 9.91. The Morgan fingerprint density at radius 2 is 1.79 bits per heavy atom. The molecule has 2 aliphatic rings. The molecule has 2 amide bonds. The fourth-order valence-corrected chi connectivity index (χ4v) is 3.06. The molecule has 4 nitrogen and oxygen atoms in total. The van der Waals surface area contributed by atoms with Crippen molar-refractivity contribution in [2.24, 2.45) is 0 Å². The highest BCUT2D eigenvalue weighted by atomic mass is 16.2. The zero-order valence-corrected chi connectivity index (χ0v) is 12.9. The van der Waals surface area contributed by atoms with Gasteiger partial charge in [-0.25, -0.2) is 4.79 Å². The number of hydrogen-bond acceptors (Lipinski definition) is 2. The Balaban J connectivity index is 1.98. The summed E-state index contributed by atoms with van der Waals surface area (Å²) >= 11 is 0. The molecule has 0 unspecified atom stereocenters. The molecule has 19 heavy (non-hydrogen) atoms. The zero-order valence-electron chi connectivity index (χ0n) is 12.9. The van der Waals surface area contributed by atoms with E-state index in [4.69, 9.17) is 0 Å². The van der Waals surface area contributed by atoms with E-state index in [0.717, 1.165) is 25.9 Å². The molecule has 1 saturated heterocycles. The molecule has 0 atom stereocenters. The third kappa shape index (κ3) is 3.62. The SMILES string of the molecule is CC1(C)CN(C(=O)NC2CCCCC2)C(C)(C)CN1. The number of amides is 2. The van der Waals surface area contributed by atoms with Gasteiger partial charge in [-0.1, -0.05) is 19.3 Å². The summed E-state index contributed by atoms with van der Waals surface area (Å²) in [5.74, 6) is 0. The number of carbonyl (C=O) groups is 1. The normalized spacial score (nSPS) is 27.1. The van der Waals surface area contributed by atoms with Crippen LogP contribution in [0.3, 0.4) is 0 Å². The van der Waals surface area contributed by atoms with E-state index in [0.29, 0.717) is 6.04 Å². The first-order valence-corrected chi connectivity index (χ1v) is 7.63. The second kappa shape index (κ2) is 5.31. The second-order valence-electron chi connectivity index (χ2n) is 7.42. The number of piperazine rings is 1. The van der Waals surface area contributed by atoms with Crippen molar-refractivity contribution < 1.29 is 4.79 Å². The summed E-state index contributed by atoms with van der Waals surface area (Å²) in [5, 5.41) is 6.76. The molecule has 4 heteroatoms. The van der Waals surface area contributed by atoms with Gasteiger partial charge in [-0.15, -0.1) is 0 Å². The van der Waals surface area contributed by atoms with Crippen molar-refractivity contribution in [2.75, 3.05) is 13.1 Å². The summed E-state index contributed by atoms with van der Waals surface area (Å²) in [6.45, 7) is 10.2. The number of nitrogens with zero attached hydrogens (tertiary/aromatic N) is 1. The highest BCUT2D eigenvalue weighted by molar-refractivity contribution is 5.75. The van der Waals surface area contributed by atoms with E-state index in [9.17, 15) is 4.79 Å². The van der Waals surface area contributed by atoms with E-state index in [-0.39, 0.29) is 17.1 Å². The third-order valence-electron chi connectivity index (χ3n) is 4.46. The van der Waals surface area contributed by atoms with Gasteiger partial charge in [0, 0.05) is 24.7 Å². The Morgan fingerprint density at radius 3 is 2.42 bits per heavy atom. The minimum atomic E-state index is -0.117. The van der Waals surface area contributed by atoms with Crippen molar-refractivity contribution in [1.29, 1.82) is 0 Å². The van der Waals surface area contributed by atoms with Crippen LogP contribution in [0.1, 0.15) is 59.8 Å². The molecule has 0 radical (unpaired) electrons. The van der Waals surface area contributed by atoms with Gasteiger partial charge in [0.15, 0.2) is 0 Å². The van der Waals surface area contributed by atoms with Crippen LogP contribution in [0.25, 0.3) is 0 Å². The Labute approximate surface area is 117 Å². The zero-order chi connectivity index (χ0) is 14.1. The topological polar surface area (TPSA) is 44.4 Å². The predicted octanol–water partition coefficient (Wildman–Crippen LogP) is 2.49. The average molecular weight is 267 g/mol. The highest BCUT2D eigenvalue weighted by Gasteiger charge is 2.40. The van der Waals surface area contributed by atoms with Gasteiger partial charge >= 0.3 is 6.03 Å². The summed E-state index contributed by atoms with van der Waals surface area (Å²) in [7, 11) is 0. The van der Waals surface area contributed by atoms with E-state index in [2.05, 4.69) is 38.3 Å².